The Labute approximate surface area is 127 Å². The number of ether oxygens (including phenoxy) is 2. The molecule has 22 heavy (non-hydrogen) atoms. The van der Waals surface area contributed by atoms with Crippen LogP contribution in [0.2, 0.25) is 0 Å². The second-order valence-electron chi connectivity index (χ2n) is 4.74. The molecule has 0 aliphatic carbocycles. The number of aromatic nitrogens is 2. The Morgan fingerprint density at radius 3 is 2.77 bits per heavy atom. The number of H-pyrrole nitrogens is 1. The van der Waals surface area contributed by atoms with Gasteiger partial charge in [0, 0.05) is 0 Å². The monoisotopic (exact) mass is 296 g/mol. The minimum atomic E-state index is -0.392. The highest BCUT2D eigenvalue weighted by molar-refractivity contribution is 5.91. The zero-order valence-corrected chi connectivity index (χ0v) is 12.4. The zero-order valence-electron chi connectivity index (χ0n) is 12.4. The van der Waals surface area contributed by atoms with Gasteiger partial charge in [-0.05, 0) is 37.3 Å². The topological polar surface area (TPSA) is 64.2 Å². The summed E-state index contributed by atoms with van der Waals surface area (Å²) in [5.41, 5.74) is 3.10. The number of esters is 1. The lowest BCUT2D eigenvalue weighted by Crippen LogP contribution is -2.03. The molecule has 0 atom stereocenters. The molecule has 0 fully saturated rings. The first-order valence-electron chi connectivity index (χ1n) is 7.03. The molecule has 1 N–H and O–H groups in total. The number of fused-ring (bicyclic) bond motifs is 1. The van der Waals surface area contributed by atoms with Gasteiger partial charge in [-0.3, -0.25) is 0 Å². The fraction of sp³-hybridized carbons (Fsp3) is 0.176. The number of para-hydroxylation sites is 2. The van der Waals surface area contributed by atoms with Crippen molar-refractivity contribution in [1.82, 2.24) is 9.97 Å². The number of hydrogen-bond donors (Lipinski definition) is 1. The Bertz CT molecular complexity index is 791. The van der Waals surface area contributed by atoms with E-state index in [-0.39, 0.29) is 0 Å². The summed E-state index contributed by atoms with van der Waals surface area (Å²) < 4.78 is 10.4. The van der Waals surface area contributed by atoms with E-state index < -0.39 is 5.97 Å². The first-order chi connectivity index (χ1) is 10.7. The van der Waals surface area contributed by atoms with Crippen molar-refractivity contribution in [3.05, 3.63) is 48.0 Å². The molecule has 0 amide bonds. The summed E-state index contributed by atoms with van der Waals surface area (Å²) in [6, 6.07) is 13.0. The van der Waals surface area contributed by atoms with Crippen LogP contribution in [0.3, 0.4) is 0 Å². The van der Waals surface area contributed by atoms with Gasteiger partial charge < -0.3 is 14.5 Å². The van der Waals surface area contributed by atoms with Crippen LogP contribution in [0.25, 0.3) is 22.4 Å². The van der Waals surface area contributed by atoms with Crippen LogP contribution in [0.1, 0.15) is 17.3 Å². The van der Waals surface area contributed by atoms with Crippen molar-refractivity contribution in [2.75, 3.05) is 13.7 Å². The average Bonchev–Trinajstić information content (AvgIpc) is 2.98. The van der Waals surface area contributed by atoms with Crippen molar-refractivity contribution in [2.45, 2.75) is 6.92 Å². The van der Waals surface area contributed by atoms with E-state index in [2.05, 4.69) is 9.97 Å². The molecule has 5 nitrogen and oxygen atoms in total. The Balaban J connectivity index is 2.10. The molecular weight excluding hydrogens is 280 g/mol. The summed E-state index contributed by atoms with van der Waals surface area (Å²) in [4.78, 5) is 19.5. The second-order valence-corrected chi connectivity index (χ2v) is 4.74. The van der Waals surface area contributed by atoms with E-state index in [4.69, 9.17) is 9.47 Å². The van der Waals surface area contributed by atoms with Gasteiger partial charge in [0.1, 0.15) is 11.6 Å². The summed E-state index contributed by atoms with van der Waals surface area (Å²) in [5, 5.41) is 0. The van der Waals surface area contributed by atoms with Crippen LogP contribution >= 0.6 is 0 Å². The van der Waals surface area contributed by atoms with Crippen molar-refractivity contribution in [2.24, 2.45) is 0 Å². The van der Waals surface area contributed by atoms with E-state index in [1.54, 1.807) is 12.1 Å². The molecule has 3 rings (SSSR count). The lowest BCUT2D eigenvalue weighted by Gasteiger charge is -2.10. The number of aromatic amines is 1. The fourth-order valence-corrected chi connectivity index (χ4v) is 2.32. The minimum Gasteiger partial charge on any atom is -0.493 e. The number of methoxy groups -OCH3 is 1. The van der Waals surface area contributed by atoms with Gasteiger partial charge in [0.25, 0.3) is 0 Å². The highest BCUT2D eigenvalue weighted by Crippen LogP contribution is 2.30. The van der Waals surface area contributed by atoms with Crippen molar-refractivity contribution < 1.29 is 14.3 Å². The highest BCUT2D eigenvalue weighted by Gasteiger charge is 2.14. The Hall–Kier alpha value is -2.82. The van der Waals surface area contributed by atoms with Crippen molar-refractivity contribution >= 4 is 17.0 Å². The average molecular weight is 296 g/mol. The summed E-state index contributed by atoms with van der Waals surface area (Å²) >= 11 is 0. The van der Waals surface area contributed by atoms with Crippen LogP contribution in [0.5, 0.6) is 5.75 Å². The maximum atomic E-state index is 11.7. The smallest absolute Gasteiger partial charge is 0.337 e. The third kappa shape index (κ3) is 2.53. The van der Waals surface area contributed by atoms with Crippen molar-refractivity contribution in [3.63, 3.8) is 0 Å². The first-order valence-corrected chi connectivity index (χ1v) is 7.03. The summed E-state index contributed by atoms with van der Waals surface area (Å²) in [6.45, 7) is 2.39. The molecule has 0 spiro atoms. The van der Waals surface area contributed by atoms with Crippen LogP contribution in [0.4, 0.5) is 0 Å². The van der Waals surface area contributed by atoms with Crippen molar-refractivity contribution in [3.8, 4) is 17.1 Å². The highest BCUT2D eigenvalue weighted by atomic mass is 16.5. The predicted molar refractivity (Wildman–Crippen MR) is 84.0 cm³/mol. The number of nitrogens with one attached hydrogen (secondary N) is 1. The van der Waals surface area contributed by atoms with Crippen LogP contribution in [-0.2, 0) is 4.74 Å². The van der Waals surface area contributed by atoms with Gasteiger partial charge in [-0.2, -0.15) is 0 Å². The lowest BCUT2D eigenvalue weighted by atomic mass is 10.1. The number of carbonyl (C=O) groups excluding carboxylic acids is 1. The molecule has 1 heterocycles. The number of hydrogen-bond acceptors (Lipinski definition) is 4. The van der Waals surface area contributed by atoms with Crippen LogP contribution in [0, 0.1) is 0 Å². The quantitative estimate of drug-likeness (QED) is 0.749. The van der Waals surface area contributed by atoms with E-state index in [9.17, 15) is 4.79 Å². The number of rotatable bonds is 4. The normalized spacial score (nSPS) is 10.6. The third-order valence-electron chi connectivity index (χ3n) is 3.35. The maximum Gasteiger partial charge on any atom is 0.337 e. The molecule has 0 saturated carbocycles. The first kappa shape index (κ1) is 14.1. The van der Waals surface area contributed by atoms with E-state index in [0.717, 1.165) is 16.6 Å². The van der Waals surface area contributed by atoms with Gasteiger partial charge in [-0.1, -0.05) is 12.1 Å². The fourth-order valence-electron chi connectivity index (χ4n) is 2.32. The SMILES string of the molecule is CCOc1cc(C(=O)OC)ccc1-c1nc2ccccc2[nH]1. The lowest BCUT2D eigenvalue weighted by molar-refractivity contribution is 0.0600. The molecular formula is C17H16N2O3. The molecule has 0 saturated heterocycles. The second kappa shape index (κ2) is 5.89. The standard InChI is InChI=1S/C17H16N2O3/c1-3-22-15-10-11(17(20)21-2)8-9-12(15)16-18-13-6-4-5-7-14(13)19-16/h4-10H,3H2,1-2H3,(H,18,19). The van der Waals surface area contributed by atoms with E-state index in [0.29, 0.717) is 23.7 Å². The van der Waals surface area contributed by atoms with Crippen LogP contribution in [-0.4, -0.2) is 29.7 Å². The number of benzene rings is 2. The molecule has 0 unspecified atom stereocenters. The molecule has 0 bridgehead atoms. The third-order valence-corrected chi connectivity index (χ3v) is 3.35. The molecule has 0 aliphatic heterocycles. The Morgan fingerprint density at radius 1 is 1.23 bits per heavy atom. The molecule has 112 valence electrons. The molecule has 3 aromatic rings. The Morgan fingerprint density at radius 2 is 2.05 bits per heavy atom. The predicted octanol–water partition coefficient (Wildman–Crippen LogP) is 3.42. The van der Waals surface area contributed by atoms with E-state index in [1.165, 1.54) is 7.11 Å². The summed E-state index contributed by atoms with van der Waals surface area (Å²) in [7, 11) is 1.36. The largest absolute Gasteiger partial charge is 0.493 e. The van der Waals surface area contributed by atoms with Gasteiger partial charge >= 0.3 is 5.97 Å². The Kier molecular flexibility index (Phi) is 3.78. The number of carbonyl (C=O) groups is 1. The zero-order chi connectivity index (χ0) is 15.5. The summed E-state index contributed by atoms with van der Waals surface area (Å²) in [5.74, 6) is 0.919. The van der Waals surface area contributed by atoms with Crippen molar-refractivity contribution in [1.29, 1.82) is 0 Å². The molecule has 5 heteroatoms. The molecule has 0 radical (unpaired) electrons. The van der Waals surface area contributed by atoms with Gasteiger partial charge in [0.2, 0.25) is 0 Å². The summed E-state index contributed by atoms with van der Waals surface area (Å²) in [6.07, 6.45) is 0. The van der Waals surface area contributed by atoms with E-state index >= 15 is 0 Å². The number of imidazole rings is 1. The molecule has 0 aliphatic rings. The molecule has 2 aromatic carbocycles. The van der Waals surface area contributed by atoms with Crippen LogP contribution in [0.15, 0.2) is 42.5 Å². The number of nitrogens with zero attached hydrogens (tertiary/aromatic N) is 1. The van der Waals surface area contributed by atoms with Gasteiger partial charge in [0.15, 0.2) is 0 Å². The minimum absolute atomic E-state index is 0.392. The van der Waals surface area contributed by atoms with E-state index in [1.807, 2.05) is 37.3 Å². The van der Waals surface area contributed by atoms with Crippen LogP contribution < -0.4 is 4.74 Å². The van der Waals surface area contributed by atoms with Gasteiger partial charge in [-0.15, -0.1) is 0 Å². The molecule has 1 aromatic heterocycles. The van der Waals surface area contributed by atoms with Gasteiger partial charge in [-0.25, -0.2) is 9.78 Å². The maximum absolute atomic E-state index is 11.7. The van der Waals surface area contributed by atoms with Gasteiger partial charge in [0.05, 0.1) is 35.9 Å².